The summed E-state index contributed by atoms with van der Waals surface area (Å²) in [4.78, 5) is 14.4. The Kier molecular flexibility index (Phi) is 4.51. The van der Waals surface area contributed by atoms with Gasteiger partial charge in [-0.05, 0) is 35.7 Å². The van der Waals surface area contributed by atoms with Gasteiger partial charge >= 0.3 is 0 Å². The lowest BCUT2D eigenvalue weighted by Crippen LogP contribution is -2.38. The molecule has 0 aromatic heterocycles. The molecule has 0 saturated heterocycles. The smallest absolute Gasteiger partial charge is 0.229 e. The van der Waals surface area contributed by atoms with Crippen molar-refractivity contribution in [1.29, 1.82) is 0 Å². The molecule has 1 unspecified atom stereocenters. The molecular formula is C19H21NO3. The van der Waals surface area contributed by atoms with Crippen LogP contribution in [0.15, 0.2) is 48.5 Å². The van der Waals surface area contributed by atoms with Crippen LogP contribution < -0.4 is 9.47 Å². The zero-order valence-corrected chi connectivity index (χ0v) is 13.5. The lowest BCUT2D eigenvalue weighted by molar-refractivity contribution is -0.136. The molecule has 0 spiro atoms. The molecule has 0 radical (unpaired) electrons. The summed E-state index contributed by atoms with van der Waals surface area (Å²) in [5.74, 6) is 1.72. The summed E-state index contributed by atoms with van der Waals surface area (Å²) in [7, 11) is 3.48. The largest absolute Gasteiger partial charge is 0.497 e. The highest BCUT2D eigenvalue weighted by atomic mass is 16.5. The third-order valence-corrected chi connectivity index (χ3v) is 4.18. The Hall–Kier alpha value is -2.49. The Morgan fingerprint density at radius 2 is 1.96 bits per heavy atom. The minimum Gasteiger partial charge on any atom is -0.497 e. The quantitative estimate of drug-likeness (QED) is 0.871. The number of fused-ring (bicyclic) bond motifs is 1. The van der Waals surface area contributed by atoms with Crippen molar-refractivity contribution in [2.45, 2.75) is 13.0 Å². The maximum atomic E-state index is 12.7. The van der Waals surface area contributed by atoms with Crippen molar-refractivity contribution in [3.63, 3.8) is 0 Å². The zero-order valence-electron chi connectivity index (χ0n) is 13.5. The second-order valence-electron chi connectivity index (χ2n) is 5.86. The number of nitrogens with zero attached hydrogens (tertiary/aromatic N) is 1. The number of methoxy groups -OCH3 is 1. The number of carbonyl (C=O) groups excluding carboxylic acids is 1. The molecule has 3 rings (SSSR count). The number of carbonyl (C=O) groups is 1. The van der Waals surface area contributed by atoms with Crippen LogP contribution in [0.25, 0.3) is 0 Å². The maximum absolute atomic E-state index is 12.7. The normalized spacial score (nSPS) is 16.2. The van der Waals surface area contributed by atoms with Crippen LogP contribution in [0.3, 0.4) is 0 Å². The summed E-state index contributed by atoms with van der Waals surface area (Å²) in [5, 5.41) is 0. The van der Waals surface area contributed by atoms with Gasteiger partial charge in [-0.25, -0.2) is 0 Å². The van der Waals surface area contributed by atoms with E-state index < -0.39 is 0 Å². The molecular weight excluding hydrogens is 290 g/mol. The maximum Gasteiger partial charge on any atom is 0.229 e. The number of rotatable bonds is 4. The molecule has 4 heteroatoms. The number of benzene rings is 2. The Morgan fingerprint density at radius 1 is 1.22 bits per heavy atom. The summed E-state index contributed by atoms with van der Waals surface area (Å²) in [6, 6.07) is 15.7. The molecule has 0 aliphatic carbocycles. The molecule has 1 atom stereocenters. The van der Waals surface area contributed by atoms with Gasteiger partial charge in [0.15, 0.2) is 0 Å². The summed E-state index contributed by atoms with van der Waals surface area (Å²) >= 11 is 0. The molecule has 23 heavy (non-hydrogen) atoms. The molecule has 1 aliphatic heterocycles. The van der Waals surface area contributed by atoms with Crippen molar-refractivity contribution >= 4 is 5.91 Å². The predicted molar refractivity (Wildman–Crippen MR) is 88.6 cm³/mol. The first-order chi connectivity index (χ1) is 11.2. The third-order valence-electron chi connectivity index (χ3n) is 4.18. The minimum absolute atomic E-state index is 0.117. The first-order valence-electron chi connectivity index (χ1n) is 7.76. The van der Waals surface area contributed by atoms with Crippen molar-refractivity contribution in [3.8, 4) is 11.5 Å². The molecule has 4 nitrogen and oxygen atoms in total. The Labute approximate surface area is 136 Å². The number of ether oxygens (including phenoxy) is 2. The monoisotopic (exact) mass is 311 g/mol. The van der Waals surface area contributed by atoms with Gasteiger partial charge in [-0.3, -0.25) is 4.79 Å². The predicted octanol–water partition coefficient (Wildman–Crippen LogP) is 2.90. The van der Waals surface area contributed by atoms with Gasteiger partial charge in [0.05, 0.1) is 13.0 Å². The average molecular weight is 311 g/mol. The SMILES string of the molecule is COc1ccc(CN(C)C(=O)C2COc3ccccc3C2)cc1. The van der Waals surface area contributed by atoms with E-state index in [4.69, 9.17) is 9.47 Å². The Bertz CT molecular complexity index is 681. The fraction of sp³-hybridized carbons (Fsp3) is 0.316. The van der Waals surface area contributed by atoms with E-state index in [0.717, 1.165) is 29.0 Å². The first-order valence-corrected chi connectivity index (χ1v) is 7.76. The van der Waals surface area contributed by atoms with Crippen LogP contribution in [0.5, 0.6) is 11.5 Å². The lowest BCUT2D eigenvalue weighted by atomic mass is 9.95. The van der Waals surface area contributed by atoms with Crippen molar-refractivity contribution in [1.82, 2.24) is 4.90 Å². The van der Waals surface area contributed by atoms with E-state index in [9.17, 15) is 4.79 Å². The highest BCUT2D eigenvalue weighted by Gasteiger charge is 2.28. The highest BCUT2D eigenvalue weighted by Crippen LogP contribution is 2.27. The zero-order chi connectivity index (χ0) is 16.2. The summed E-state index contributed by atoms with van der Waals surface area (Å²) in [6.45, 7) is 1.03. The van der Waals surface area contributed by atoms with Gasteiger partial charge in [0.2, 0.25) is 5.91 Å². The van der Waals surface area contributed by atoms with Crippen LogP contribution in [0.2, 0.25) is 0 Å². The molecule has 0 N–H and O–H groups in total. The third kappa shape index (κ3) is 3.47. The molecule has 0 fully saturated rings. The molecule has 1 amide bonds. The molecule has 1 aliphatic rings. The molecule has 0 bridgehead atoms. The molecule has 2 aromatic rings. The van der Waals surface area contributed by atoms with Crippen LogP contribution in [-0.4, -0.2) is 31.6 Å². The van der Waals surface area contributed by atoms with E-state index in [1.54, 1.807) is 12.0 Å². The van der Waals surface area contributed by atoms with Gasteiger partial charge < -0.3 is 14.4 Å². The fourth-order valence-corrected chi connectivity index (χ4v) is 2.88. The fourth-order valence-electron chi connectivity index (χ4n) is 2.88. The van der Waals surface area contributed by atoms with E-state index in [1.165, 1.54) is 0 Å². The van der Waals surface area contributed by atoms with Crippen LogP contribution in [0.4, 0.5) is 0 Å². The van der Waals surface area contributed by atoms with Crippen molar-refractivity contribution < 1.29 is 14.3 Å². The molecule has 1 heterocycles. The first kappa shape index (κ1) is 15.4. The molecule has 120 valence electrons. The Morgan fingerprint density at radius 3 is 2.70 bits per heavy atom. The lowest BCUT2D eigenvalue weighted by Gasteiger charge is -2.28. The van der Waals surface area contributed by atoms with Gasteiger partial charge in [0.1, 0.15) is 18.1 Å². The summed E-state index contributed by atoms with van der Waals surface area (Å²) in [6.07, 6.45) is 0.738. The molecule has 2 aromatic carbocycles. The van der Waals surface area contributed by atoms with E-state index >= 15 is 0 Å². The van der Waals surface area contributed by atoms with Crippen molar-refractivity contribution in [2.75, 3.05) is 20.8 Å². The van der Waals surface area contributed by atoms with Crippen LogP contribution >= 0.6 is 0 Å². The average Bonchev–Trinajstić information content (AvgIpc) is 2.61. The van der Waals surface area contributed by atoms with Gasteiger partial charge in [0.25, 0.3) is 0 Å². The number of hydrogen-bond acceptors (Lipinski definition) is 3. The summed E-state index contributed by atoms with van der Waals surface area (Å²) < 4.78 is 10.9. The van der Waals surface area contributed by atoms with Gasteiger partial charge in [-0.15, -0.1) is 0 Å². The number of hydrogen-bond donors (Lipinski definition) is 0. The minimum atomic E-state index is -0.117. The van der Waals surface area contributed by atoms with Crippen LogP contribution in [0.1, 0.15) is 11.1 Å². The second-order valence-corrected chi connectivity index (χ2v) is 5.86. The number of amides is 1. The highest BCUT2D eigenvalue weighted by molar-refractivity contribution is 5.79. The standard InChI is InChI=1S/C19H21NO3/c1-20(12-14-7-9-17(22-2)10-8-14)19(21)16-11-15-5-3-4-6-18(15)23-13-16/h3-10,16H,11-13H2,1-2H3. The van der Waals surface area contributed by atoms with E-state index in [0.29, 0.717) is 13.2 Å². The van der Waals surface area contributed by atoms with Gasteiger partial charge in [-0.2, -0.15) is 0 Å². The Balaban J connectivity index is 1.63. The van der Waals surface area contributed by atoms with Crippen LogP contribution in [0, 0.1) is 5.92 Å². The topological polar surface area (TPSA) is 38.8 Å². The van der Waals surface area contributed by atoms with Crippen molar-refractivity contribution in [3.05, 3.63) is 59.7 Å². The van der Waals surface area contributed by atoms with E-state index in [1.807, 2.05) is 55.6 Å². The van der Waals surface area contributed by atoms with Crippen molar-refractivity contribution in [2.24, 2.45) is 5.92 Å². The molecule has 0 saturated carbocycles. The van der Waals surface area contributed by atoms with E-state index in [-0.39, 0.29) is 11.8 Å². The van der Waals surface area contributed by atoms with Gasteiger partial charge in [-0.1, -0.05) is 30.3 Å². The number of para-hydroxylation sites is 1. The van der Waals surface area contributed by atoms with Crippen LogP contribution in [-0.2, 0) is 17.8 Å². The second kappa shape index (κ2) is 6.73. The summed E-state index contributed by atoms with van der Waals surface area (Å²) in [5.41, 5.74) is 2.19. The van der Waals surface area contributed by atoms with Gasteiger partial charge in [0, 0.05) is 13.6 Å². The van der Waals surface area contributed by atoms with E-state index in [2.05, 4.69) is 0 Å².